The van der Waals surface area contributed by atoms with E-state index in [0.717, 1.165) is 38.5 Å². The quantitative estimate of drug-likeness (QED) is 0.118. The summed E-state index contributed by atoms with van der Waals surface area (Å²) in [7, 11) is 0. The van der Waals surface area contributed by atoms with Gasteiger partial charge in [-0.1, -0.05) is 154 Å². The maximum absolute atomic E-state index is 12.6. The monoisotopic (exact) mass is 703 g/mol. The van der Waals surface area contributed by atoms with Crippen molar-refractivity contribution >= 4 is 17.7 Å². The number of hydrogen-bond acceptors (Lipinski definition) is 5. The SMILES string of the molecule is O=C(CCCCCOC(=O)CC1CCCCCCCCCCCCCC1)CCCCCOC(=O)CC1CCCCCCCCCCCCCC1. The van der Waals surface area contributed by atoms with E-state index in [-0.39, 0.29) is 11.9 Å². The normalized spacial score (nSPS) is 20.0. The average molecular weight is 703 g/mol. The van der Waals surface area contributed by atoms with Crippen molar-refractivity contribution in [3.05, 3.63) is 0 Å². The van der Waals surface area contributed by atoms with Crippen molar-refractivity contribution in [1.29, 1.82) is 0 Å². The summed E-state index contributed by atoms with van der Waals surface area (Å²) in [6.07, 6.45) is 44.7. The number of carbonyl (C=O) groups excluding carboxylic acids is 3. The fraction of sp³-hybridized carbons (Fsp3) is 0.933. The van der Waals surface area contributed by atoms with E-state index in [1.165, 1.54) is 180 Å². The Hall–Kier alpha value is -1.39. The molecule has 0 bridgehead atoms. The van der Waals surface area contributed by atoms with E-state index in [4.69, 9.17) is 9.47 Å². The van der Waals surface area contributed by atoms with Gasteiger partial charge in [-0.25, -0.2) is 0 Å². The van der Waals surface area contributed by atoms with Gasteiger partial charge in [-0.3, -0.25) is 14.4 Å². The Morgan fingerprint density at radius 3 is 0.880 bits per heavy atom. The lowest BCUT2D eigenvalue weighted by molar-refractivity contribution is -0.146. The molecule has 0 aromatic carbocycles. The summed E-state index contributed by atoms with van der Waals surface area (Å²) in [6, 6.07) is 0. The molecule has 0 unspecified atom stereocenters. The number of ether oxygens (including phenoxy) is 2. The van der Waals surface area contributed by atoms with Crippen LogP contribution in [-0.4, -0.2) is 30.9 Å². The number of carbonyl (C=O) groups is 3. The van der Waals surface area contributed by atoms with Crippen LogP contribution in [0.3, 0.4) is 0 Å². The van der Waals surface area contributed by atoms with Crippen molar-refractivity contribution < 1.29 is 23.9 Å². The molecule has 2 saturated carbocycles. The first kappa shape index (κ1) is 44.8. The smallest absolute Gasteiger partial charge is 0.306 e. The van der Waals surface area contributed by atoms with Crippen LogP contribution in [0.5, 0.6) is 0 Å². The Labute approximate surface area is 309 Å². The minimum Gasteiger partial charge on any atom is -0.466 e. The second-order valence-corrected chi connectivity index (χ2v) is 16.4. The van der Waals surface area contributed by atoms with Crippen LogP contribution in [0.4, 0.5) is 0 Å². The molecule has 0 aromatic heterocycles. The van der Waals surface area contributed by atoms with Gasteiger partial charge in [0.1, 0.15) is 5.78 Å². The largest absolute Gasteiger partial charge is 0.466 e. The van der Waals surface area contributed by atoms with Crippen molar-refractivity contribution in [2.24, 2.45) is 11.8 Å². The second-order valence-electron chi connectivity index (χ2n) is 16.4. The van der Waals surface area contributed by atoms with Gasteiger partial charge in [-0.05, 0) is 76.0 Å². The first-order chi connectivity index (χ1) is 24.6. The standard InChI is InChI=1S/C45H82O5/c46-43(35-27-21-29-37-49-44(47)39-41-31-23-17-13-9-5-1-2-6-10-14-18-24-32-41)36-28-22-30-38-50-45(48)40-42-33-25-19-15-11-7-3-4-8-12-16-20-26-34-42/h41-42H,1-40H2. The van der Waals surface area contributed by atoms with E-state index >= 15 is 0 Å². The topological polar surface area (TPSA) is 69.7 Å². The summed E-state index contributed by atoms with van der Waals surface area (Å²) >= 11 is 0. The fourth-order valence-corrected chi connectivity index (χ4v) is 8.25. The number of unbranched alkanes of at least 4 members (excludes halogenated alkanes) is 4. The van der Waals surface area contributed by atoms with Gasteiger partial charge in [0, 0.05) is 25.7 Å². The highest BCUT2D eigenvalue weighted by atomic mass is 16.5. The maximum Gasteiger partial charge on any atom is 0.306 e. The minimum absolute atomic E-state index is 0.0213. The van der Waals surface area contributed by atoms with Gasteiger partial charge in [0.05, 0.1) is 13.2 Å². The molecular formula is C45H82O5. The molecule has 0 spiro atoms. The summed E-state index contributed by atoms with van der Waals surface area (Å²) < 4.78 is 11.2. The molecule has 50 heavy (non-hydrogen) atoms. The Morgan fingerprint density at radius 1 is 0.340 bits per heavy atom. The molecule has 0 aliphatic heterocycles. The zero-order chi connectivity index (χ0) is 35.6. The molecule has 0 radical (unpaired) electrons. The van der Waals surface area contributed by atoms with Crippen LogP contribution in [0.1, 0.15) is 244 Å². The summed E-state index contributed by atoms with van der Waals surface area (Å²) in [5.74, 6) is 1.25. The summed E-state index contributed by atoms with van der Waals surface area (Å²) in [4.78, 5) is 37.5. The predicted molar refractivity (Wildman–Crippen MR) is 209 cm³/mol. The molecule has 2 fully saturated rings. The lowest BCUT2D eigenvalue weighted by Gasteiger charge is -2.16. The Kier molecular flexibility index (Phi) is 29.9. The van der Waals surface area contributed by atoms with Gasteiger partial charge >= 0.3 is 11.9 Å². The van der Waals surface area contributed by atoms with Crippen molar-refractivity contribution in [2.75, 3.05) is 13.2 Å². The van der Waals surface area contributed by atoms with Crippen molar-refractivity contribution in [2.45, 2.75) is 244 Å². The second kappa shape index (κ2) is 33.4. The third kappa shape index (κ3) is 28.2. The molecule has 0 aromatic rings. The fourth-order valence-electron chi connectivity index (χ4n) is 8.25. The third-order valence-corrected chi connectivity index (χ3v) is 11.6. The highest BCUT2D eigenvalue weighted by Gasteiger charge is 2.16. The molecule has 2 aliphatic rings. The first-order valence-corrected chi connectivity index (χ1v) is 22.5. The van der Waals surface area contributed by atoms with E-state index in [2.05, 4.69) is 0 Å². The lowest BCUT2D eigenvalue weighted by atomic mass is 9.91. The van der Waals surface area contributed by atoms with Gasteiger partial charge in [0.25, 0.3) is 0 Å². The van der Waals surface area contributed by atoms with E-state index in [0.29, 0.717) is 56.5 Å². The van der Waals surface area contributed by atoms with Crippen LogP contribution in [-0.2, 0) is 23.9 Å². The number of Topliss-reactive ketones (excluding diaryl/α,β-unsaturated/α-hetero) is 1. The molecule has 292 valence electrons. The van der Waals surface area contributed by atoms with Crippen LogP contribution in [0.25, 0.3) is 0 Å². The van der Waals surface area contributed by atoms with Crippen LogP contribution in [0.2, 0.25) is 0 Å². The minimum atomic E-state index is -0.0213. The Bertz CT molecular complexity index is 713. The Balaban J connectivity index is 1.45. The number of rotatable bonds is 16. The molecule has 2 aliphatic carbocycles. The number of hydrogen-bond donors (Lipinski definition) is 0. The molecule has 0 atom stereocenters. The molecule has 5 heteroatoms. The molecule has 0 heterocycles. The van der Waals surface area contributed by atoms with E-state index < -0.39 is 0 Å². The highest BCUT2D eigenvalue weighted by molar-refractivity contribution is 5.78. The van der Waals surface area contributed by atoms with Crippen molar-refractivity contribution in [3.63, 3.8) is 0 Å². The summed E-state index contributed by atoms with van der Waals surface area (Å²) in [6.45, 7) is 0.971. The van der Waals surface area contributed by atoms with Gasteiger partial charge < -0.3 is 9.47 Å². The van der Waals surface area contributed by atoms with Gasteiger partial charge in [0.15, 0.2) is 0 Å². The number of ketones is 1. The van der Waals surface area contributed by atoms with Crippen LogP contribution in [0, 0.1) is 11.8 Å². The van der Waals surface area contributed by atoms with Gasteiger partial charge in [0.2, 0.25) is 0 Å². The van der Waals surface area contributed by atoms with Crippen LogP contribution >= 0.6 is 0 Å². The van der Waals surface area contributed by atoms with Gasteiger partial charge in [-0.2, -0.15) is 0 Å². The zero-order valence-electron chi connectivity index (χ0n) is 33.0. The summed E-state index contributed by atoms with van der Waals surface area (Å²) in [5, 5.41) is 0. The Morgan fingerprint density at radius 2 is 0.600 bits per heavy atom. The molecule has 0 amide bonds. The van der Waals surface area contributed by atoms with Crippen molar-refractivity contribution in [1.82, 2.24) is 0 Å². The van der Waals surface area contributed by atoms with E-state index in [1.54, 1.807) is 0 Å². The van der Waals surface area contributed by atoms with E-state index in [1.807, 2.05) is 0 Å². The number of esters is 2. The average Bonchev–Trinajstić information content (AvgIpc) is 3.12. The molecule has 0 saturated heterocycles. The lowest BCUT2D eigenvalue weighted by Crippen LogP contribution is -2.13. The van der Waals surface area contributed by atoms with Crippen molar-refractivity contribution in [3.8, 4) is 0 Å². The predicted octanol–water partition coefficient (Wildman–Crippen LogP) is 13.7. The van der Waals surface area contributed by atoms with Crippen LogP contribution < -0.4 is 0 Å². The van der Waals surface area contributed by atoms with E-state index in [9.17, 15) is 14.4 Å². The third-order valence-electron chi connectivity index (χ3n) is 11.6. The zero-order valence-corrected chi connectivity index (χ0v) is 33.0. The molecule has 5 nitrogen and oxygen atoms in total. The van der Waals surface area contributed by atoms with Crippen LogP contribution in [0.15, 0.2) is 0 Å². The molecular weight excluding hydrogens is 620 g/mol. The molecule has 0 N–H and O–H groups in total. The maximum atomic E-state index is 12.6. The first-order valence-electron chi connectivity index (χ1n) is 22.5. The molecule has 2 rings (SSSR count). The van der Waals surface area contributed by atoms with Gasteiger partial charge in [-0.15, -0.1) is 0 Å². The summed E-state index contributed by atoms with van der Waals surface area (Å²) in [5.41, 5.74) is 0. The highest BCUT2D eigenvalue weighted by Crippen LogP contribution is 2.25.